The fraction of sp³-hybridized carbons (Fsp3) is 0.375. The van der Waals surface area contributed by atoms with Gasteiger partial charge in [0.1, 0.15) is 5.75 Å². The van der Waals surface area contributed by atoms with Crippen LogP contribution in [0.15, 0.2) is 33.9 Å². The van der Waals surface area contributed by atoms with Gasteiger partial charge in [0, 0.05) is 31.5 Å². The zero-order valence-electron chi connectivity index (χ0n) is 12.4. The lowest BCUT2D eigenvalue weighted by Gasteiger charge is -2.38. The second-order valence-electron chi connectivity index (χ2n) is 5.79. The van der Waals surface area contributed by atoms with Crippen molar-refractivity contribution in [3.05, 3.63) is 56.4 Å². The Morgan fingerprint density at radius 3 is 2.55 bits per heavy atom. The lowest BCUT2D eigenvalue weighted by molar-refractivity contribution is 0.157. The van der Waals surface area contributed by atoms with Gasteiger partial charge in [-0.05, 0) is 6.07 Å². The minimum Gasteiger partial charge on any atom is -0.493 e. The summed E-state index contributed by atoms with van der Waals surface area (Å²) in [5.74, 6) is 1.17. The highest BCUT2D eigenvalue weighted by molar-refractivity contribution is 5.44. The van der Waals surface area contributed by atoms with Gasteiger partial charge in [-0.1, -0.05) is 18.2 Å². The van der Waals surface area contributed by atoms with Crippen molar-refractivity contribution in [1.82, 2.24) is 9.13 Å². The molecule has 6 heteroatoms. The molecule has 2 atom stereocenters. The highest BCUT2D eigenvalue weighted by Gasteiger charge is 2.40. The minimum absolute atomic E-state index is 0.0507. The van der Waals surface area contributed by atoms with E-state index in [9.17, 15) is 9.59 Å². The summed E-state index contributed by atoms with van der Waals surface area (Å²) in [4.78, 5) is 24.5. The van der Waals surface area contributed by atoms with Crippen molar-refractivity contribution in [2.45, 2.75) is 11.8 Å². The summed E-state index contributed by atoms with van der Waals surface area (Å²) in [6.45, 7) is 0.865. The van der Waals surface area contributed by atoms with Crippen LogP contribution in [0.25, 0.3) is 0 Å². The molecule has 0 saturated heterocycles. The average Bonchev–Trinajstić information content (AvgIpc) is 2.56. The number of hydrogen-bond donors (Lipinski definition) is 0. The number of rotatable bonds is 0. The molecule has 114 valence electrons. The zero-order chi connectivity index (χ0) is 15.4. The molecule has 0 unspecified atom stereocenters. The maximum absolute atomic E-state index is 12.3. The lowest BCUT2D eigenvalue weighted by Crippen LogP contribution is -2.45. The number of aromatic nitrogens is 2. The average molecular weight is 300 g/mol. The van der Waals surface area contributed by atoms with Crippen molar-refractivity contribution >= 4 is 0 Å². The first-order valence-electron chi connectivity index (χ1n) is 7.24. The third-order valence-electron chi connectivity index (χ3n) is 4.65. The molecule has 0 radical (unpaired) electrons. The zero-order valence-corrected chi connectivity index (χ0v) is 12.4. The van der Waals surface area contributed by atoms with E-state index >= 15 is 0 Å². The summed E-state index contributed by atoms with van der Waals surface area (Å²) < 4.78 is 14.2. The van der Waals surface area contributed by atoms with Crippen LogP contribution in [0, 0.1) is 0 Å². The first kappa shape index (κ1) is 13.2. The molecule has 4 rings (SSSR count). The van der Waals surface area contributed by atoms with E-state index in [0.717, 1.165) is 15.9 Å². The SMILES string of the molecule is Cn1c2c(c(=O)n(C)c1=O)OC[C@H]1c3ccccc3OC[C@@H]21. The van der Waals surface area contributed by atoms with Crippen molar-refractivity contribution in [2.75, 3.05) is 13.2 Å². The van der Waals surface area contributed by atoms with Gasteiger partial charge in [0.2, 0.25) is 5.75 Å². The highest BCUT2D eigenvalue weighted by atomic mass is 16.5. The van der Waals surface area contributed by atoms with Gasteiger partial charge in [-0.15, -0.1) is 0 Å². The third-order valence-corrected chi connectivity index (χ3v) is 4.65. The molecule has 0 spiro atoms. The molecular formula is C16H16N2O4. The summed E-state index contributed by atoms with van der Waals surface area (Å²) >= 11 is 0. The topological polar surface area (TPSA) is 62.5 Å². The number of para-hydroxylation sites is 1. The largest absolute Gasteiger partial charge is 0.493 e. The van der Waals surface area contributed by atoms with Crippen molar-refractivity contribution in [3.63, 3.8) is 0 Å². The molecule has 1 aromatic carbocycles. The maximum Gasteiger partial charge on any atom is 0.330 e. The fourth-order valence-electron chi connectivity index (χ4n) is 3.46. The van der Waals surface area contributed by atoms with Gasteiger partial charge < -0.3 is 9.47 Å². The van der Waals surface area contributed by atoms with E-state index in [1.807, 2.05) is 24.3 Å². The van der Waals surface area contributed by atoms with Crippen molar-refractivity contribution in [1.29, 1.82) is 0 Å². The molecule has 6 nitrogen and oxygen atoms in total. The van der Waals surface area contributed by atoms with E-state index in [1.165, 1.54) is 11.6 Å². The molecule has 0 bridgehead atoms. The van der Waals surface area contributed by atoms with Gasteiger partial charge in [0.05, 0.1) is 18.9 Å². The molecule has 0 saturated carbocycles. The number of hydrogen-bond acceptors (Lipinski definition) is 4. The van der Waals surface area contributed by atoms with E-state index < -0.39 is 0 Å². The lowest BCUT2D eigenvalue weighted by atomic mass is 9.80. The van der Waals surface area contributed by atoms with Gasteiger partial charge in [0.15, 0.2) is 0 Å². The predicted molar refractivity (Wildman–Crippen MR) is 79.8 cm³/mol. The van der Waals surface area contributed by atoms with Crippen LogP contribution in [0.4, 0.5) is 0 Å². The molecule has 0 aliphatic carbocycles. The Kier molecular flexibility index (Phi) is 2.69. The van der Waals surface area contributed by atoms with E-state index in [4.69, 9.17) is 9.47 Å². The molecule has 0 fully saturated rings. The third kappa shape index (κ3) is 1.60. The van der Waals surface area contributed by atoms with Crippen LogP contribution >= 0.6 is 0 Å². The molecule has 1 aromatic heterocycles. The summed E-state index contributed by atoms with van der Waals surface area (Å²) in [6.07, 6.45) is 0. The smallest absolute Gasteiger partial charge is 0.330 e. The minimum atomic E-state index is -0.379. The maximum atomic E-state index is 12.3. The van der Waals surface area contributed by atoms with Gasteiger partial charge in [-0.3, -0.25) is 13.9 Å². The first-order valence-corrected chi connectivity index (χ1v) is 7.24. The number of benzene rings is 1. The van der Waals surface area contributed by atoms with Gasteiger partial charge in [-0.2, -0.15) is 0 Å². The molecule has 2 aliphatic rings. The van der Waals surface area contributed by atoms with E-state index in [2.05, 4.69) is 0 Å². The Morgan fingerprint density at radius 1 is 1.00 bits per heavy atom. The Balaban J connectivity index is 1.94. The summed E-state index contributed by atoms with van der Waals surface area (Å²) in [5, 5.41) is 0. The van der Waals surface area contributed by atoms with Gasteiger partial charge in [0.25, 0.3) is 5.56 Å². The summed E-state index contributed by atoms with van der Waals surface area (Å²) in [7, 11) is 3.14. The fourth-order valence-corrected chi connectivity index (χ4v) is 3.46. The highest BCUT2D eigenvalue weighted by Crippen LogP contribution is 2.45. The Labute approximate surface area is 126 Å². The standard InChI is InChI=1S/C16H16N2O4/c1-17-13-11-8-21-12-6-4-3-5-9(12)10(11)7-22-14(13)15(19)18(2)16(17)20/h3-6,10-11H,7-8H2,1-2H3/t10-,11+/m0/s1. The van der Waals surface area contributed by atoms with Crippen LogP contribution in [-0.4, -0.2) is 22.3 Å². The molecule has 22 heavy (non-hydrogen) atoms. The molecule has 0 N–H and O–H groups in total. The molecule has 0 amide bonds. The predicted octanol–water partition coefficient (Wildman–Crippen LogP) is 0.736. The normalized spacial score (nSPS) is 21.9. The molecule has 3 heterocycles. The number of nitrogens with zero attached hydrogens (tertiary/aromatic N) is 2. The van der Waals surface area contributed by atoms with Crippen LogP contribution in [0.3, 0.4) is 0 Å². The molecule has 2 aromatic rings. The van der Waals surface area contributed by atoms with E-state index in [1.54, 1.807) is 7.05 Å². The molecule has 2 aliphatic heterocycles. The van der Waals surface area contributed by atoms with E-state index in [0.29, 0.717) is 18.9 Å². The quantitative estimate of drug-likeness (QED) is 0.720. The monoisotopic (exact) mass is 300 g/mol. The van der Waals surface area contributed by atoms with Gasteiger partial charge >= 0.3 is 5.69 Å². The summed E-state index contributed by atoms with van der Waals surface area (Å²) in [5.41, 5.74) is 0.985. The van der Waals surface area contributed by atoms with Gasteiger partial charge in [-0.25, -0.2) is 4.79 Å². The number of ether oxygens (including phenoxy) is 2. The van der Waals surface area contributed by atoms with Crippen LogP contribution in [0.1, 0.15) is 23.1 Å². The second kappa shape index (κ2) is 4.50. The Hall–Kier alpha value is -2.50. The van der Waals surface area contributed by atoms with Crippen molar-refractivity contribution < 1.29 is 9.47 Å². The second-order valence-corrected chi connectivity index (χ2v) is 5.79. The Bertz CT molecular complexity index is 881. The molecular weight excluding hydrogens is 284 g/mol. The summed E-state index contributed by atoms with van der Waals surface area (Å²) in [6, 6.07) is 7.84. The van der Waals surface area contributed by atoms with Crippen molar-refractivity contribution in [3.8, 4) is 11.5 Å². The van der Waals surface area contributed by atoms with E-state index in [-0.39, 0.29) is 28.8 Å². The van der Waals surface area contributed by atoms with Crippen LogP contribution in [0.5, 0.6) is 11.5 Å². The van der Waals surface area contributed by atoms with Crippen LogP contribution in [-0.2, 0) is 14.1 Å². The van der Waals surface area contributed by atoms with Crippen molar-refractivity contribution in [2.24, 2.45) is 14.1 Å². The number of fused-ring (bicyclic) bond motifs is 5. The Morgan fingerprint density at radius 2 is 1.73 bits per heavy atom. The van der Waals surface area contributed by atoms with Crippen LogP contribution in [0.2, 0.25) is 0 Å². The van der Waals surface area contributed by atoms with Crippen LogP contribution < -0.4 is 20.7 Å². The first-order chi connectivity index (χ1) is 10.6.